The van der Waals surface area contributed by atoms with Crippen LogP contribution in [0, 0.1) is 5.92 Å². The molecule has 100 valence electrons. The second-order valence-electron chi connectivity index (χ2n) is 5.63. The van der Waals surface area contributed by atoms with E-state index in [0.717, 1.165) is 12.5 Å². The summed E-state index contributed by atoms with van der Waals surface area (Å²) < 4.78 is 0. The Morgan fingerprint density at radius 3 is 2.33 bits per heavy atom. The summed E-state index contributed by atoms with van der Waals surface area (Å²) in [4.78, 5) is 0. The van der Waals surface area contributed by atoms with Crippen molar-refractivity contribution in [1.29, 1.82) is 0 Å². The van der Waals surface area contributed by atoms with Gasteiger partial charge >= 0.3 is 0 Å². The highest BCUT2D eigenvalue weighted by Crippen LogP contribution is 2.26. The summed E-state index contributed by atoms with van der Waals surface area (Å²) in [5.74, 6) is 0.904. The van der Waals surface area contributed by atoms with Crippen molar-refractivity contribution < 1.29 is 0 Å². The molecule has 18 heavy (non-hydrogen) atoms. The minimum Gasteiger partial charge on any atom is -0.310 e. The van der Waals surface area contributed by atoms with Gasteiger partial charge in [0.1, 0.15) is 0 Å². The summed E-state index contributed by atoms with van der Waals surface area (Å²) in [6.45, 7) is 3.35. The van der Waals surface area contributed by atoms with E-state index in [9.17, 15) is 0 Å². The molecule has 0 saturated heterocycles. The first kappa shape index (κ1) is 13.6. The number of rotatable bonds is 5. The van der Waals surface area contributed by atoms with Crippen LogP contribution in [0.5, 0.6) is 0 Å². The maximum atomic E-state index is 3.78. The van der Waals surface area contributed by atoms with Gasteiger partial charge in [0, 0.05) is 12.6 Å². The fourth-order valence-electron chi connectivity index (χ4n) is 3.20. The molecule has 0 spiro atoms. The summed E-state index contributed by atoms with van der Waals surface area (Å²) in [7, 11) is 0. The van der Waals surface area contributed by atoms with Gasteiger partial charge in [-0.15, -0.1) is 0 Å². The lowest BCUT2D eigenvalue weighted by Gasteiger charge is -2.26. The van der Waals surface area contributed by atoms with Gasteiger partial charge in [-0.1, -0.05) is 62.9 Å². The molecule has 1 heteroatoms. The van der Waals surface area contributed by atoms with E-state index in [1.165, 1.54) is 50.5 Å². The lowest BCUT2D eigenvalue weighted by Crippen LogP contribution is -2.35. The van der Waals surface area contributed by atoms with E-state index in [0.29, 0.717) is 6.04 Å². The Hall–Kier alpha value is -0.820. The molecule has 0 radical (unpaired) electrons. The first-order valence-corrected chi connectivity index (χ1v) is 7.67. The molecule has 1 aromatic carbocycles. The molecule has 1 atom stereocenters. The summed E-state index contributed by atoms with van der Waals surface area (Å²) in [6, 6.07) is 11.5. The van der Waals surface area contributed by atoms with Crippen molar-refractivity contribution in [2.45, 2.75) is 64.5 Å². The van der Waals surface area contributed by atoms with Crippen molar-refractivity contribution in [1.82, 2.24) is 5.32 Å². The molecule has 0 unspecified atom stereocenters. The quantitative estimate of drug-likeness (QED) is 0.752. The van der Waals surface area contributed by atoms with Crippen LogP contribution in [0.25, 0.3) is 0 Å². The summed E-state index contributed by atoms with van der Waals surface area (Å²) in [5.41, 5.74) is 1.41. The van der Waals surface area contributed by atoms with Crippen LogP contribution in [0.15, 0.2) is 30.3 Å². The molecular formula is C17H27N. The largest absolute Gasteiger partial charge is 0.310 e. The van der Waals surface area contributed by atoms with Crippen LogP contribution < -0.4 is 5.32 Å². The molecule has 0 aromatic heterocycles. The predicted octanol–water partition coefficient (Wildman–Crippen LogP) is 4.53. The van der Waals surface area contributed by atoms with Gasteiger partial charge in [-0.25, -0.2) is 0 Å². The van der Waals surface area contributed by atoms with Crippen molar-refractivity contribution in [3.05, 3.63) is 35.9 Å². The third-order valence-corrected chi connectivity index (χ3v) is 4.32. The van der Waals surface area contributed by atoms with Crippen LogP contribution >= 0.6 is 0 Å². The second-order valence-corrected chi connectivity index (χ2v) is 5.63. The minimum atomic E-state index is 0.711. The van der Waals surface area contributed by atoms with Gasteiger partial charge in [0.2, 0.25) is 0 Å². The fourth-order valence-corrected chi connectivity index (χ4v) is 3.20. The van der Waals surface area contributed by atoms with Gasteiger partial charge in [-0.2, -0.15) is 0 Å². The Balaban J connectivity index is 1.84. The highest BCUT2D eigenvalue weighted by Gasteiger charge is 2.20. The van der Waals surface area contributed by atoms with Crippen molar-refractivity contribution in [3.63, 3.8) is 0 Å². The molecule has 0 aliphatic heterocycles. The monoisotopic (exact) mass is 245 g/mol. The zero-order valence-corrected chi connectivity index (χ0v) is 11.7. The fraction of sp³-hybridized carbons (Fsp3) is 0.647. The maximum absolute atomic E-state index is 3.78. The third kappa shape index (κ3) is 4.13. The summed E-state index contributed by atoms with van der Waals surface area (Å²) in [6.07, 6.45) is 9.90. The molecule has 0 amide bonds. The van der Waals surface area contributed by atoms with E-state index in [2.05, 4.69) is 42.6 Å². The van der Waals surface area contributed by atoms with Crippen molar-refractivity contribution in [2.75, 3.05) is 0 Å². The molecule has 2 rings (SSSR count). The average molecular weight is 245 g/mol. The van der Waals surface area contributed by atoms with Crippen LogP contribution in [0.3, 0.4) is 0 Å². The van der Waals surface area contributed by atoms with E-state index < -0.39 is 0 Å². The third-order valence-electron chi connectivity index (χ3n) is 4.32. The van der Waals surface area contributed by atoms with Crippen molar-refractivity contribution in [3.8, 4) is 0 Å². The first-order chi connectivity index (χ1) is 8.90. The highest BCUT2D eigenvalue weighted by molar-refractivity contribution is 5.14. The lowest BCUT2D eigenvalue weighted by atomic mass is 9.90. The molecule has 1 N–H and O–H groups in total. The summed E-state index contributed by atoms with van der Waals surface area (Å²) >= 11 is 0. The van der Waals surface area contributed by atoms with E-state index in [-0.39, 0.29) is 0 Å². The normalized spacial score (nSPS) is 19.4. The average Bonchev–Trinajstić information content (AvgIpc) is 2.70. The highest BCUT2D eigenvalue weighted by atomic mass is 14.9. The van der Waals surface area contributed by atoms with E-state index >= 15 is 0 Å². The van der Waals surface area contributed by atoms with Gasteiger partial charge in [-0.05, 0) is 30.7 Å². The van der Waals surface area contributed by atoms with Crippen LogP contribution in [0.2, 0.25) is 0 Å². The SMILES string of the molecule is CC[C@H](NCc1ccccc1)C1CCCCCC1. The molecule has 1 aliphatic carbocycles. The van der Waals surface area contributed by atoms with E-state index in [1.54, 1.807) is 0 Å². The summed E-state index contributed by atoms with van der Waals surface area (Å²) in [5, 5.41) is 3.78. The number of nitrogens with one attached hydrogen (secondary N) is 1. The van der Waals surface area contributed by atoms with Crippen molar-refractivity contribution >= 4 is 0 Å². The molecule has 1 aliphatic rings. The molecule has 1 saturated carbocycles. The molecule has 1 nitrogen and oxygen atoms in total. The van der Waals surface area contributed by atoms with Crippen LogP contribution in [-0.4, -0.2) is 6.04 Å². The van der Waals surface area contributed by atoms with Crippen molar-refractivity contribution in [2.24, 2.45) is 5.92 Å². The van der Waals surface area contributed by atoms with Crippen LogP contribution in [0.1, 0.15) is 57.4 Å². The Morgan fingerprint density at radius 1 is 1.06 bits per heavy atom. The predicted molar refractivity (Wildman–Crippen MR) is 78.6 cm³/mol. The number of benzene rings is 1. The topological polar surface area (TPSA) is 12.0 Å². The van der Waals surface area contributed by atoms with Crippen LogP contribution in [0.4, 0.5) is 0 Å². The minimum absolute atomic E-state index is 0.711. The zero-order valence-electron chi connectivity index (χ0n) is 11.7. The molecule has 0 bridgehead atoms. The van der Waals surface area contributed by atoms with Gasteiger partial charge < -0.3 is 5.32 Å². The molecule has 1 aromatic rings. The molecule has 1 fully saturated rings. The Labute approximate surface area is 112 Å². The maximum Gasteiger partial charge on any atom is 0.0208 e. The Morgan fingerprint density at radius 2 is 1.72 bits per heavy atom. The first-order valence-electron chi connectivity index (χ1n) is 7.67. The molecular weight excluding hydrogens is 218 g/mol. The number of hydrogen-bond acceptors (Lipinski definition) is 1. The zero-order chi connectivity index (χ0) is 12.6. The van der Waals surface area contributed by atoms with Gasteiger partial charge in [0.25, 0.3) is 0 Å². The molecule has 0 heterocycles. The lowest BCUT2D eigenvalue weighted by molar-refractivity contribution is 0.310. The second kappa shape index (κ2) is 7.58. The van der Waals surface area contributed by atoms with E-state index in [1.807, 2.05) is 0 Å². The number of hydrogen-bond donors (Lipinski definition) is 1. The Bertz CT molecular complexity index is 312. The van der Waals surface area contributed by atoms with Gasteiger partial charge in [0.05, 0.1) is 0 Å². The van der Waals surface area contributed by atoms with E-state index in [4.69, 9.17) is 0 Å². The van der Waals surface area contributed by atoms with Crippen LogP contribution in [-0.2, 0) is 6.54 Å². The van der Waals surface area contributed by atoms with Gasteiger partial charge in [0.15, 0.2) is 0 Å². The smallest absolute Gasteiger partial charge is 0.0208 e. The van der Waals surface area contributed by atoms with Gasteiger partial charge in [-0.3, -0.25) is 0 Å². The Kier molecular flexibility index (Phi) is 5.73. The standard InChI is InChI=1S/C17H27N/c1-2-17(16-12-8-3-4-9-13-16)18-14-15-10-6-5-7-11-15/h5-7,10-11,16-18H,2-4,8-9,12-14H2,1H3/t17-/m0/s1.